The van der Waals surface area contributed by atoms with Gasteiger partial charge in [0.1, 0.15) is 0 Å². The quantitative estimate of drug-likeness (QED) is 0.737. The van der Waals surface area contributed by atoms with Crippen LogP contribution in [0.5, 0.6) is 5.75 Å². The van der Waals surface area contributed by atoms with Gasteiger partial charge in [0.25, 0.3) is 0 Å². The molecule has 4 heteroatoms. The minimum atomic E-state index is 0.393. The van der Waals surface area contributed by atoms with Crippen molar-refractivity contribution in [2.75, 3.05) is 13.2 Å². The fraction of sp³-hybridized carbons (Fsp3) is 0.667. The Morgan fingerprint density at radius 3 is 3.00 bits per heavy atom. The second kappa shape index (κ2) is 4.87. The van der Waals surface area contributed by atoms with E-state index in [2.05, 4.69) is 12.0 Å². The molecule has 0 amide bonds. The topological polar surface area (TPSA) is 53.1 Å². The molecule has 0 saturated carbocycles. The summed E-state index contributed by atoms with van der Waals surface area (Å²) < 4.78 is 7.31. The van der Waals surface area contributed by atoms with E-state index in [0.29, 0.717) is 19.1 Å². The lowest BCUT2D eigenvalue weighted by atomic mass is 10.2. The number of aryl methyl sites for hydroxylation is 1. The van der Waals surface area contributed by atoms with Gasteiger partial charge in [-0.3, -0.25) is 4.68 Å². The molecule has 0 saturated heterocycles. The standard InChI is InChI=1S/C9H17N3O/c1-3-12-6-9(5-11-12)13-7-8(2)4-10/h5-6,8H,3-4,7,10H2,1-2H3. The van der Waals surface area contributed by atoms with E-state index in [-0.39, 0.29) is 0 Å². The molecular formula is C9H17N3O. The Hall–Kier alpha value is -1.03. The van der Waals surface area contributed by atoms with E-state index < -0.39 is 0 Å². The van der Waals surface area contributed by atoms with Gasteiger partial charge in [-0.1, -0.05) is 6.92 Å². The molecule has 1 rings (SSSR count). The van der Waals surface area contributed by atoms with Crippen LogP contribution < -0.4 is 10.5 Å². The average Bonchev–Trinajstić information content (AvgIpc) is 2.61. The second-order valence-corrected chi connectivity index (χ2v) is 3.18. The highest BCUT2D eigenvalue weighted by atomic mass is 16.5. The van der Waals surface area contributed by atoms with Crippen molar-refractivity contribution in [2.45, 2.75) is 20.4 Å². The first-order valence-corrected chi connectivity index (χ1v) is 4.61. The van der Waals surface area contributed by atoms with Crippen LogP contribution in [0.25, 0.3) is 0 Å². The van der Waals surface area contributed by atoms with E-state index in [9.17, 15) is 0 Å². The number of aromatic nitrogens is 2. The Morgan fingerprint density at radius 1 is 1.69 bits per heavy atom. The maximum absolute atomic E-state index is 5.48. The molecule has 1 atom stereocenters. The molecule has 0 aliphatic carbocycles. The third kappa shape index (κ3) is 3.06. The zero-order valence-electron chi connectivity index (χ0n) is 8.23. The first-order valence-electron chi connectivity index (χ1n) is 4.61. The Morgan fingerprint density at radius 2 is 2.46 bits per heavy atom. The van der Waals surface area contributed by atoms with Gasteiger partial charge in [-0.05, 0) is 13.5 Å². The summed E-state index contributed by atoms with van der Waals surface area (Å²) in [6.45, 7) is 6.28. The zero-order valence-corrected chi connectivity index (χ0v) is 8.23. The van der Waals surface area contributed by atoms with Crippen LogP contribution in [0.1, 0.15) is 13.8 Å². The molecule has 4 nitrogen and oxygen atoms in total. The maximum Gasteiger partial charge on any atom is 0.157 e. The molecule has 2 N–H and O–H groups in total. The van der Waals surface area contributed by atoms with Crippen molar-refractivity contribution >= 4 is 0 Å². The van der Waals surface area contributed by atoms with Crippen molar-refractivity contribution in [3.05, 3.63) is 12.4 Å². The normalized spacial score (nSPS) is 12.8. The minimum absolute atomic E-state index is 0.393. The Bertz CT molecular complexity index is 247. The fourth-order valence-corrected chi connectivity index (χ4v) is 0.899. The highest BCUT2D eigenvalue weighted by Gasteiger charge is 2.01. The molecule has 0 aliphatic rings. The Labute approximate surface area is 78.7 Å². The SMILES string of the molecule is CCn1cc(OCC(C)CN)cn1. The summed E-state index contributed by atoms with van der Waals surface area (Å²) in [7, 11) is 0. The lowest BCUT2D eigenvalue weighted by Gasteiger charge is -2.08. The van der Waals surface area contributed by atoms with Crippen LogP contribution in [0.2, 0.25) is 0 Å². The van der Waals surface area contributed by atoms with Crippen LogP contribution >= 0.6 is 0 Å². The van der Waals surface area contributed by atoms with Gasteiger partial charge in [0.05, 0.1) is 19.0 Å². The van der Waals surface area contributed by atoms with Gasteiger partial charge in [0, 0.05) is 12.5 Å². The molecule has 13 heavy (non-hydrogen) atoms. The van der Waals surface area contributed by atoms with Crippen molar-refractivity contribution < 1.29 is 4.74 Å². The molecule has 74 valence electrons. The summed E-state index contributed by atoms with van der Waals surface area (Å²) in [5.41, 5.74) is 5.47. The summed E-state index contributed by atoms with van der Waals surface area (Å²) in [6.07, 6.45) is 3.62. The van der Waals surface area contributed by atoms with Crippen molar-refractivity contribution in [3.63, 3.8) is 0 Å². The lowest BCUT2D eigenvalue weighted by Crippen LogP contribution is -2.18. The average molecular weight is 183 g/mol. The molecule has 1 unspecified atom stereocenters. The van der Waals surface area contributed by atoms with Gasteiger partial charge < -0.3 is 10.5 Å². The minimum Gasteiger partial charge on any atom is -0.490 e. The van der Waals surface area contributed by atoms with Crippen LogP contribution in [-0.4, -0.2) is 22.9 Å². The van der Waals surface area contributed by atoms with Gasteiger partial charge in [-0.2, -0.15) is 5.10 Å². The number of nitrogens with zero attached hydrogens (tertiary/aromatic N) is 2. The van der Waals surface area contributed by atoms with E-state index in [0.717, 1.165) is 12.3 Å². The number of rotatable bonds is 5. The molecule has 1 aromatic heterocycles. The molecule has 0 aromatic carbocycles. The zero-order chi connectivity index (χ0) is 9.68. The predicted molar refractivity (Wildman–Crippen MR) is 51.6 cm³/mol. The third-order valence-corrected chi connectivity index (χ3v) is 1.87. The highest BCUT2D eigenvalue weighted by molar-refractivity contribution is 5.11. The van der Waals surface area contributed by atoms with Gasteiger partial charge in [0.15, 0.2) is 5.75 Å². The van der Waals surface area contributed by atoms with E-state index in [4.69, 9.17) is 10.5 Å². The van der Waals surface area contributed by atoms with Gasteiger partial charge in [-0.15, -0.1) is 0 Å². The van der Waals surface area contributed by atoms with Gasteiger partial charge in [-0.25, -0.2) is 0 Å². The summed E-state index contributed by atoms with van der Waals surface area (Å²) in [6, 6.07) is 0. The molecule has 0 radical (unpaired) electrons. The molecule has 1 aromatic rings. The van der Waals surface area contributed by atoms with Crippen LogP contribution in [-0.2, 0) is 6.54 Å². The van der Waals surface area contributed by atoms with E-state index in [1.54, 1.807) is 6.20 Å². The first-order chi connectivity index (χ1) is 6.26. The Balaban J connectivity index is 2.36. The number of hydrogen-bond donors (Lipinski definition) is 1. The lowest BCUT2D eigenvalue weighted by molar-refractivity contribution is 0.263. The molecule has 0 spiro atoms. The van der Waals surface area contributed by atoms with Crippen LogP contribution in [0.15, 0.2) is 12.4 Å². The third-order valence-electron chi connectivity index (χ3n) is 1.87. The van der Waals surface area contributed by atoms with E-state index in [1.807, 2.05) is 17.8 Å². The van der Waals surface area contributed by atoms with Crippen molar-refractivity contribution in [2.24, 2.45) is 11.7 Å². The van der Waals surface area contributed by atoms with Crippen LogP contribution in [0.3, 0.4) is 0 Å². The summed E-state index contributed by atoms with van der Waals surface area (Å²) >= 11 is 0. The second-order valence-electron chi connectivity index (χ2n) is 3.18. The molecule has 0 aliphatic heterocycles. The smallest absolute Gasteiger partial charge is 0.157 e. The first kappa shape index (κ1) is 10.1. The maximum atomic E-state index is 5.48. The number of nitrogens with two attached hydrogens (primary N) is 1. The van der Waals surface area contributed by atoms with Crippen molar-refractivity contribution in [3.8, 4) is 5.75 Å². The van der Waals surface area contributed by atoms with Crippen LogP contribution in [0.4, 0.5) is 0 Å². The Kier molecular flexibility index (Phi) is 3.76. The summed E-state index contributed by atoms with van der Waals surface area (Å²) in [4.78, 5) is 0. The predicted octanol–water partition coefficient (Wildman–Crippen LogP) is 0.877. The summed E-state index contributed by atoms with van der Waals surface area (Å²) in [5, 5.41) is 4.10. The van der Waals surface area contributed by atoms with Crippen LogP contribution in [0, 0.1) is 5.92 Å². The molecule has 0 bridgehead atoms. The van der Waals surface area contributed by atoms with E-state index in [1.165, 1.54) is 0 Å². The van der Waals surface area contributed by atoms with E-state index >= 15 is 0 Å². The van der Waals surface area contributed by atoms with Gasteiger partial charge >= 0.3 is 0 Å². The molecular weight excluding hydrogens is 166 g/mol. The van der Waals surface area contributed by atoms with Crippen molar-refractivity contribution in [1.29, 1.82) is 0 Å². The monoisotopic (exact) mass is 183 g/mol. The number of ether oxygens (including phenoxy) is 1. The number of hydrogen-bond acceptors (Lipinski definition) is 3. The largest absolute Gasteiger partial charge is 0.490 e. The van der Waals surface area contributed by atoms with Gasteiger partial charge in [0.2, 0.25) is 0 Å². The highest BCUT2D eigenvalue weighted by Crippen LogP contribution is 2.09. The van der Waals surface area contributed by atoms with Crippen molar-refractivity contribution in [1.82, 2.24) is 9.78 Å². The summed E-state index contributed by atoms with van der Waals surface area (Å²) in [5.74, 6) is 1.21. The fourth-order valence-electron chi connectivity index (χ4n) is 0.899. The molecule has 1 heterocycles. The molecule has 0 fully saturated rings.